The van der Waals surface area contributed by atoms with Gasteiger partial charge in [0.05, 0.1) is 0 Å². The number of Topliss-reactive ketones (excluding diaryl/α,β-unsaturated/α-hetero) is 1. The molecular weight excluding hydrogens is 550 g/mol. The van der Waals surface area contributed by atoms with Crippen molar-refractivity contribution in [2.45, 2.75) is 64.7 Å². The first-order valence-electron chi connectivity index (χ1n) is 15.4. The highest BCUT2D eigenvalue weighted by molar-refractivity contribution is 5.96. The van der Waals surface area contributed by atoms with Gasteiger partial charge in [-0.2, -0.15) is 0 Å². The number of carboxylic acids is 2. The maximum Gasteiger partial charge on any atom is 0.328 e. The molecule has 0 saturated carbocycles. The molecule has 2 aliphatic rings. The average Bonchev–Trinajstić information content (AvgIpc) is 3.17. The highest BCUT2D eigenvalue weighted by Crippen LogP contribution is 2.38. The lowest BCUT2D eigenvalue weighted by molar-refractivity contribution is -0.134. The van der Waals surface area contributed by atoms with Gasteiger partial charge in [-0.15, -0.1) is 0 Å². The van der Waals surface area contributed by atoms with Crippen molar-refractivity contribution in [1.82, 2.24) is 4.90 Å². The summed E-state index contributed by atoms with van der Waals surface area (Å²) >= 11 is 0. The molecule has 0 radical (unpaired) electrons. The summed E-state index contributed by atoms with van der Waals surface area (Å²) in [5.74, 6) is -2.25. The Morgan fingerprint density at radius 1 is 0.727 bits per heavy atom. The van der Waals surface area contributed by atoms with Crippen LogP contribution in [0.15, 0.2) is 90.5 Å². The van der Waals surface area contributed by atoms with Crippen LogP contribution in [0.5, 0.6) is 0 Å². The quantitative estimate of drug-likeness (QED) is 0.220. The Morgan fingerprint density at radius 3 is 1.70 bits per heavy atom. The Morgan fingerprint density at radius 2 is 1.23 bits per heavy atom. The maximum absolute atomic E-state index is 12.7. The normalized spacial score (nSPS) is 15.1. The fourth-order valence-corrected chi connectivity index (χ4v) is 5.96. The smallest absolute Gasteiger partial charge is 0.328 e. The topological polar surface area (TPSA) is 94.9 Å². The van der Waals surface area contributed by atoms with Gasteiger partial charge in [0, 0.05) is 37.2 Å². The fraction of sp³-hybridized carbons (Fsp3) is 0.342. The van der Waals surface area contributed by atoms with Crippen molar-refractivity contribution in [2.24, 2.45) is 0 Å². The molecule has 44 heavy (non-hydrogen) atoms. The molecule has 0 bridgehead atoms. The van der Waals surface area contributed by atoms with Crippen LogP contribution in [-0.4, -0.2) is 52.5 Å². The van der Waals surface area contributed by atoms with E-state index in [-0.39, 0.29) is 11.2 Å². The zero-order chi connectivity index (χ0) is 31.7. The third-order valence-corrected chi connectivity index (χ3v) is 8.37. The molecule has 1 saturated heterocycles. The number of piperidine rings is 1. The van der Waals surface area contributed by atoms with Gasteiger partial charge in [0.1, 0.15) is 0 Å². The molecule has 0 atom stereocenters. The van der Waals surface area contributed by atoms with Gasteiger partial charge in [-0.1, -0.05) is 99.1 Å². The van der Waals surface area contributed by atoms with Crippen molar-refractivity contribution in [3.05, 3.63) is 124 Å². The van der Waals surface area contributed by atoms with Gasteiger partial charge in [0.2, 0.25) is 0 Å². The van der Waals surface area contributed by atoms with E-state index in [2.05, 4.69) is 86.3 Å². The number of hydrogen-bond acceptors (Lipinski definition) is 4. The highest BCUT2D eigenvalue weighted by Gasteiger charge is 2.24. The van der Waals surface area contributed by atoms with Crippen LogP contribution in [0.1, 0.15) is 84.6 Å². The predicted octanol–water partition coefficient (Wildman–Crippen LogP) is 7.36. The average molecular weight is 594 g/mol. The van der Waals surface area contributed by atoms with E-state index in [0.717, 1.165) is 57.3 Å². The molecule has 0 amide bonds. The van der Waals surface area contributed by atoms with Crippen molar-refractivity contribution in [3.63, 3.8) is 0 Å². The lowest BCUT2D eigenvalue weighted by atomic mass is 9.86. The first kappa shape index (κ1) is 32.6. The lowest BCUT2D eigenvalue weighted by Gasteiger charge is -2.30. The van der Waals surface area contributed by atoms with Crippen LogP contribution >= 0.6 is 0 Å². The number of carbonyl (C=O) groups is 3. The molecule has 5 rings (SSSR count). The van der Waals surface area contributed by atoms with Gasteiger partial charge in [-0.25, -0.2) is 9.59 Å². The number of nitrogens with zero attached hydrogens (tertiary/aromatic N) is 1. The van der Waals surface area contributed by atoms with Gasteiger partial charge >= 0.3 is 11.9 Å². The molecule has 3 aromatic rings. The van der Waals surface area contributed by atoms with Crippen LogP contribution in [0.2, 0.25) is 0 Å². The van der Waals surface area contributed by atoms with Crippen molar-refractivity contribution in [3.8, 4) is 0 Å². The van der Waals surface area contributed by atoms with E-state index in [9.17, 15) is 14.4 Å². The SMILES string of the molecule is CC(C)(C)c1ccc(C(=O)CCCN2CCC(=C3c4ccccc4CCc4ccccc43)CC2)cc1.O=C(O)/C=C\C(=O)O. The fourth-order valence-electron chi connectivity index (χ4n) is 5.96. The molecule has 230 valence electrons. The zero-order valence-corrected chi connectivity index (χ0v) is 26.0. The van der Waals surface area contributed by atoms with Crippen molar-refractivity contribution >= 4 is 23.3 Å². The molecule has 3 aromatic carbocycles. The van der Waals surface area contributed by atoms with Gasteiger partial charge < -0.3 is 15.1 Å². The third-order valence-electron chi connectivity index (χ3n) is 8.37. The second kappa shape index (κ2) is 14.9. The van der Waals surface area contributed by atoms with E-state index >= 15 is 0 Å². The summed E-state index contributed by atoms with van der Waals surface area (Å²) in [6, 6.07) is 26.2. The number of ketones is 1. The standard InChI is InChI=1S/C34H39NO.C4H4O4/c1-34(2,3)29-18-16-27(17-19-29)32(36)13-8-22-35-23-20-28(21-24-35)33-30-11-6-4-9-25(30)14-15-26-10-5-7-12-31(26)33;5-3(6)1-2-4(7)8/h4-7,9-12,16-19H,8,13-15,20-24H2,1-3H3;1-2H,(H,5,6)(H,7,8)/b;2-1-. The van der Waals surface area contributed by atoms with E-state index in [1.165, 1.54) is 33.4 Å². The molecule has 0 unspecified atom stereocenters. The highest BCUT2D eigenvalue weighted by atomic mass is 16.4. The minimum atomic E-state index is -1.26. The molecule has 1 aliphatic heterocycles. The maximum atomic E-state index is 12.7. The first-order chi connectivity index (χ1) is 21.0. The number of likely N-dealkylation sites (tertiary alicyclic amines) is 1. The molecule has 1 aliphatic carbocycles. The number of carbonyl (C=O) groups excluding carboxylic acids is 1. The van der Waals surface area contributed by atoms with Crippen LogP contribution < -0.4 is 0 Å². The largest absolute Gasteiger partial charge is 0.478 e. The Kier molecular flexibility index (Phi) is 11.1. The Balaban J connectivity index is 0.000000488. The van der Waals surface area contributed by atoms with Crippen LogP contribution in [0, 0.1) is 0 Å². The number of carboxylic acid groups (broad SMARTS) is 2. The van der Waals surface area contributed by atoms with E-state index in [4.69, 9.17) is 10.2 Å². The van der Waals surface area contributed by atoms with Gasteiger partial charge in [-0.05, 0) is 77.5 Å². The number of aliphatic carboxylic acids is 2. The first-order valence-corrected chi connectivity index (χ1v) is 15.4. The molecule has 1 fully saturated rings. The number of fused-ring (bicyclic) bond motifs is 2. The van der Waals surface area contributed by atoms with Gasteiger partial charge in [-0.3, -0.25) is 4.79 Å². The van der Waals surface area contributed by atoms with Crippen molar-refractivity contribution < 1.29 is 24.6 Å². The zero-order valence-electron chi connectivity index (χ0n) is 26.0. The molecule has 2 N–H and O–H groups in total. The van der Waals surface area contributed by atoms with E-state index in [1.54, 1.807) is 5.57 Å². The van der Waals surface area contributed by atoms with Crippen molar-refractivity contribution in [2.75, 3.05) is 19.6 Å². The summed E-state index contributed by atoms with van der Waals surface area (Å²) in [4.78, 5) is 34.4. The van der Waals surface area contributed by atoms with Crippen LogP contribution in [-0.2, 0) is 27.8 Å². The number of benzene rings is 3. The van der Waals surface area contributed by atoms with E-state index in [1.807, 2.05) is 12.1 Å². The van der Waals surface area contributed by atoms with Crippen molar-refractivity contribution in [1.29, 1.82) is 0 Å². The molecule has 0 aromatic heterocycles. The lowest BCUT2D eigenvalue weighted by Crippen LogP contribution is -2.32. The molecule has 0 spiro atoms. The molecular formula is C38H43NO5. The van der Waals surface area contributed by atoms with E-state index in [0.29, 0.717) is 18.6 Å². The minimum absolute atomic E-state index is 0.116. The predicted molar refractivity (Wildman–Crippen MR) is 175 cm³/mol. The summed E-state index contributed by atoms with van der Waals surface area (Å²) in [5, 5.41) is 15.6. The van der Waals surface area contributed by atoms with Gasteiger partial charge in [0.15, 0.2) is 5.78 Å². The third kappa shape index (κ3) is 8.87. The minimum Gasteiger partial charge on any atom is -0.478 e. The van der Waals surface area contributed by atoms with Gasteiger partial charge in [0.25, 0.3) is 0 Å². The van der Waals surface area contributed by atoms with Crippen LogP contribution in [0.3, 0.4) is 0 Å². The van der Waals surface area contributed by atoms with Crippen LogP contribution in [0.4, 0.5) is 0 Å². The molecule has 6 heteroatoms. The summed E-state index contributed by atoms with van der Waals surface area (Å²) in [6.45, 7) is 9.78. The number of aryl methyl sites for hydroxylation is 2. The second-order valence-electron chi connectivity index (χ2n) is 12.5. The summed E-state index contributed by atoms with van der Waals surface area (Å²) in [6.07, 6.45) is 7.12. The summed E-state index contributed by atoms with van der Waals surface area (Å²) in [5.41, 5.74) is 11.2. The van der Waals surface area contributed by atoms with E-state index < -0.39 is 11.9 Å². The second-order valence-corrected chi connectivity index (χ2v) is 12.5. The Bertz CT molecular complexity index is 1470. The summed E-state index contributed by atoms with van der Waals surface area (Å²) in [7, 11) is 0. The number of hydrogen-bond donors (Lipinski definition) is 2. The Hall–Kier alpha value is -4.29. The summed E-state index contributed by atoms with van der Waals surface area (Å²) < 4.78 is 0. The molecule has 1 heterocycles. The van der Waals surface area contributed by atoms with Crippen LogP contribution in [0.25, 0.3) is 5.57 Å². The molecule has 6 nitrogen and oxygen atoms in total. The Labute approximate surface area is 260 Å². The number of rotatable bonds is 7. The monoisotopic (exact) mass is 593 g/mol.